The Bertz CT molecular complexity index is 333. The van der Waals surface area contributed by atoms with Crippen molar-refractivity contribution in [2.45, 2.75) is 45.1 Å². The lowest BCUT2D eigenvalue weighted by Crippen LogP contribution is -2.42. The summed E-state index contributed by atoms with van der Waals surface area (Å²) in [5, 5.41) is 4.62. The Labute approximate surface area is 108 Å². The molecule has 1 aromatic rings. The second kappa shape index (κ2) is 6.31. The van der Waals surface area contributed by atoms with Gasteiger partial charge >= 0.3 is 0 Å². The summed E-state index contributed by atoms with van der Waals surface area (Å²) in [5.74, 6) is 0.996. The van der Waals surface area contributed by atoms with Crippen molar-refractivity contribution in [2.24, 2.45) is 0 Å². The largest absolute Gasteiger partial charge is 0.348 e. The summed E-state index contributed by atoms with van der Waals surface area (Å²) in [6.45, 7) is 4.37. The van der Waals surface area contributed by atoms with Gasteiger partial charge in [0.05, 0.1) is 0 Å². The van der Waals surface area contributed by atoms with Gasteiger partial charge in [-0.3, -0.25) is 0 Å². The number of nitrogens with one attached hydrogen (secondary N) is 1. The topological polar surface area (TPSA) is 41.1 Å². The lowest BCUT2D eigenvalue weighted by molar-refractivity contribution is 0.403. The summed E-state index contributed by atoms with van der Waals surface area (Å²) in [4.78, 5) is 6.81. The number of piperidine rings is 1. The fourth-order valence-corrected chi connectivity index (χ4v) is 2.89. The first kappa shape index (κ1) is 12.8. The van der Waals surface area contributed by atoms with Crippen LogP contribution in [0.25, 0.3) is 0 Å². The molecule has 17 heavy (non-hydrogen) atoms. The molecule has 0 radical (unpaired) electrons. The molecule has 1 atom stereocenters. The number of aromatic nitrogens is 2. The number of anilines is 1. The van der Waals surface area contributed by atoms with Crippen LogP contribution < -0.4 is 10.2 Å². The van der Waals surface area contributed by atoms with E-state index in [2.05, 4.69) is 33.5 Å². The van der Waals surface area contributed by atoms with Crippen molar-refractivity contribution in [3.8, 4) is 0 Å². The highest BCUT2D eigenvalue weighted by Crippen LogP contribution is 2.18. The molecule has 1 aliphatic rings. The summed E-state index contributed by atoms with van der Waals surface area (Å²) in [5.41, 5.74) is 0. The van der Waals surface area contributed by atoms with Crippen LogP contribution in [-0.4, -0.2) is 35.5 Å². The van der Waals surface area contributed by atoms with Gasteiger partial charge in [-0.1, -0.05) is 13.3 Å². The van der Waals surface area contributed by atoms with Gasteiger partial charge in [0.25, 0.3) is 0 Å². The third-order valence-electron chi connectivity index (χ3n) is 3.16. The average Bonchev–Trinajstić information content (AvgIpc) is 2.79. The van der Waals surface area contributed by atoms with Gasteiger partial charge in [-0.2, -0.15) is 4.37 Å². The Balaban J connectivity index is 1.86. The lowest BCUT2D eigenvalue weighted by Gasteiger charge is -2.27. The van der Waals surface area contributed by atoms with E-state index in [1.807, 2.05) is 0 Å². The van der Waals surface area contributed by atoms with E-state index in [4.69, 9.17) is 0 Å². The summed E-state index contributed by atoms with van der Waals surface area (Å²) >= 11 is 1.52. The molecule has 0 aliphatic carbocycles. The van der Waals surface area contributed by atoms with Gasteiger partial charge in [0, 0.05) is 37.6 Å². The molecule has 0 aromatic carbocycles. The SMILES string of the molecule is CCCc1nsc(N(C)CC2CCCCN2)n1. The molecular weight excluding hydrogens is 232 g/mol. The molecule has 1 saturated heterocycles. The van der Waals surface area contributed by atoms with Gasteiger partial charge in [0.15, 0.2) is 0 Å². The summed E-state index contributed by atoms with van der Waals surface area (Å²) in [7, 11) is 2.12. The normalized spacial score (nSPS) is 20.5. The number of nitrogens with zero attached hydrogens (tertiary/aromatic N) is 3. The van der Waals surface area contributed by atoms with Crippen molar-refractivity contribution in [1.29, 1.82) is 0 Å². The third-order valence-corrected chi connectivity index (χ3v) is 4.03. The molecule has 1 aromatic heterocycles. The molecule has 2 heterocycles. The van der Waals surface area contributed by atoms with Gasteiger partial charge < -0.3 is 10.2 Å². The van der Waals surface area contributed by atoms with Gasteiger partial charge in [-0.15, -0.1) is 0 Å². The molecule has 4 nitrogen and oxygen atoms in total. The van der Waals surface area contributed by atoms with Crippen molar-refractivity contribution >= 4 is 16.7 Å². The number of hydrogen-bond acceptors (Lipinski definition) is 5. The molecule has 1 N–H and O–H groups in total. The standard InChI is InChI=1S/C12H22N4S/c1-3-6-11-14-12(17-15-11)16(2)9-10-7-4-5-8-13-10/h10,13H,3-9H2,1-2H3. The Morgan fingerprint density at radius 2 is 2.35 bits per heavy atom. The van der Waals surface area contributed by atoms with Crippen LogP contribution >= 0.6 is 11.5 Å². The van der Waals surface area contributed by atoms with E-state index in [0.29, 0.717) is 6.04 Å². The number of aryl methyl sites for hydroxylation is 1. The number of likely N-dealkylation sites (N-methyl/N-ethyl adjacent to an activating group) is 1. The Hall–Kier alpha value is -0.680. The molecule has 1 unspecified atom stereocenters. The van der Waals surface area contributed by atoms with Crippen LogP contribution in [0.1, 0.15) is 38.4 Å². The summed E-state index contributed by atoms with van der Waals surface area (Å²) in [6.07, 6.45) is 6.06. The number of rotatable bonds is 5. The molecule has 0 amide bonds. The van der Waals surface area contributed by atoms with Crippen LogP contribution in [0, 0.1) is 0 Å². The first-order chi connectivity index (χ1) is 8.29. The van der Waals surface area contributed by atoms with E-state index in [0.717, 1.165) is 36.9 Å². The Morgan fingerprint density at radius 1 is 1.47 bits per heavy atom. The number of hydrogen-bond donors (Lipinski definition) is 1. The van der Waals surface area contributed by atoms with Crippen molar-refractivity contribution < 1.29 is 0 Å². The molecule has 0 spiro atoms. The first-order valence-electron chi connectivity index (χ1n) is 6.56. The Morgan fingerprint density at radius 3 is 3.06 bits per heavy atom. The van der Waals surface area contributed by atoms with Crippen LogP contribution in [0.4, 0.5) is 5.13 Å². The molecule has 2 rings (SSSR count). The predicted molar refractivity (Wildman–Crippen MR) is 72.8 cm³/mol. The van der Waals surface area contributed by atoms with Gasteiger partial charge in [0.2, 0.25) is 5.13 Å². The molecule has 1 aliphatic heterocycles. The minimum Gasteiger partial charge on any atom is -0.348 e. The van der Waals surface area contributed by atoms with Crippen LogP contribution in [0.5, 0.6) is 0 Å². The van der Waals surface area contributed by atoms with Crippen LogP contribution in [0.15, 0.2) is 0 Å². The van der Waals surface area contributed by atoms with E-state index < -0.39 is 0 Å². The minimum atomic E-state index is 0.618. The smallest absolute Gasteiger partial charge is 0.204 e. The fourth-order valence-electron chi connectivity index (χ4n) is 2.21. The molecule has 0 bridgehead atoms. The lowest BCUT2D eigenvalue weighted by atomic mass is 10.1. The van der Waals surface area contributed by atoms with Crippen molar-refractivity contribution in [1.82, 2.24) is 14.7 Å². The third kappa shape index (κ3) is 3.64. The zero-order valence-corrected chi connectivity index (χ0v) is 11.6. The molecule has 5 heteroatoms. The van der Waals surface area contributed by atoms with E-state index in [1.54, 1.807) is 0 Å². The average molecular weight is 254 g/mol. The van der Waals surface area contributed by atoms with Crippen LogP contribution in [0.3, 0.4) is 0 Å². The monoisotopic (exact) mass is 254 g/mol. The zero-order chi connectivity index (χ0) is 12.1. The maximum absolute atomic E-state index is 4.57. The highest BCUT2D eigenvalue weighted by Gasteiger charge is 2.16. The van der Waals surface area contributed by atoms with Gasteiger partial charge in [-0.25, -0.2) is 4.98 Å². The van der Waals surface area contributed by atoms with Crippen LogP contribution in [-0.2, 0) is 6.42 Å². The van der Waals surface area contributed by atoms with E-state index in [1.165, 1.54) is 30.8 Å². The quantitative estimate of drug-likeness (QED) is 0.873. The molecule has 0 saturated carbocycles. The van der Waals surface area contributed by atoms with Gasteiger partial charge in [-0.05, 0) is 25.8 Å². The van der Waals surface area contributed by atoms with Crippen LogP contribution in [0.2, 0.25) is 0 Å². The zero-order valence-electron chi connectivity index (χ0n) is 10.8. The maximum atomic E-state index is 4.57. The van der Waals surface area contributed by atoms with Crippen molar-refractivity contribution in [2.75, 3.05) is 25.0 Å². The summed E-state index contributed by atoms with van der Waals surface area (Å²) in [6, 6.07) is 0.618. The highest BCUT2D eigenvalue weighted by molar-refractivity contribution is 7.09. The molecular formula is C12H22N4S. The van der Waals surface area contributed by atoms with E-state index >= 15 is 0 Å². The second-order valence-corrected chi connectivity index (χ2v) is 5.50. The second-order valence-electron chi connectivity index (χ2n) is 4.77. The Kier molecular flexibility index (Phi) is 4.74. The predicted octanol–water partition coefficient (Wildman–Crippen LogP) is 2.07. The molecule has 1 fully saturated rings. The summed E-state index contributed by atoms with van der Waals surface area (Å²) < 4.78 is 4.39. The fraction of sp³-hybridized carbons (Fsp3) is 0.833. The van der Waals surface area contributed by atoms with Gasteiger partial charge in [0.1, 0.15) is 5.82 Å². The maximum Gasteiger partial charge on any atom is 0.204 e. The van der Waals surface area contributed by atoms with E-state index in [9.17, 15) is 0 Å². The van der Waals surface area contributed by atoms with Crippen molar-refractivity contribution in [3.63, 3.8) is 0 Å². The molecule has 96 valence electrons. The first-order valence-corrected chi connectivity index (χ1v) is 7.34. The minimum absolute atomic E-state index is 0.618. The highest BCUT2D eigenvalue weighted by atomic mass is 32.1. The van der Waals surface area contributed by atoms with E-state index in [-0.39, 0.29) is 0 Å². The van der Waals surface area contributed by atoms with Crippen molar-refractivity contribution in [3.05, 3.63) is 5.82 Å².